The zero-order valence-electron chi connectivity index (χ0n) is 14.8. The predicted octanol–water partition coefficient (Wildman–Crippen LogP) is 3.58. The van der Waals surface area contributed by atoms with E-state index in [0.29, 0.717) is 34.0 Å². The Labute approximate surface area is 157 Å². The number of carbonyl (C=O) groups is 2. The number of methoxy groups -OCH3 is 1. The maximum atomic E-state index is 11.8. The predicted molar refractivity (Wildman–Crippen MR) is 105 cm³/mol. The molecule has 6 heteroatoms. The van der Waals surface area contributed by atoms with Gasteiger partial charge in [0.1, 0.15) is 17.8 Å². The van der Waals surface area contributed by atoms with Crippen LogP contribution in [-0.2, 0) is 0 Å². The molecule has 0 aromatic heterocycles. The fraction of sp³-hybridized carbons (Fsp3) is 0.0476. The Morgan fingerprint density at radius 3 is 1.74 bits per heavy atom. The number of esters is 1. The highest BCUT2D eigenvalue weighted by atomic mass is 16.5. The summed E-state index contributed by atoms with van der Waals surface area (Å²) in [5.74, 6) is 0.764. The first-order valence-corrected chi connectivity index (χ1v) is 8.04. The Bertz CT molecular complexity index is 874. The van der Waals surface area contributed by atoms with Gasteiger partial charge in [0, 0.05) is 16.9 Å². The third-order valence-corrected chi connectivity index (χ3v) is 3.49. The molecule has 0 saturated carbocycles. The van der Waals surface area contributed by atoms with Crippen molar-refractivity contribution in [1.82, 2.24) is 0 Å². The Kier molecular flexibility index (Phi) is 6.96. The van der Waals surface area contributed by atoms with E-state index in [2.05, 4.69) is 0 Å². The van der Waals surface area contributed by atoms with Gasteiger partial charge in [-0.05, 0) is 72.8 Å². The van der Waals surface area contributed by atoms with E-state index in [-0.39, 0.29) is 0 Å². The van der Waals surface area contributed by atoms with E-state index in [1.807, 2.05) is 0 Å². The number of nitrogen functional groups attached to an aromatic ring is 2. The largest absolute Gasteiger partial charge is 0.497 e. The number of carbonyl (C=O) groups excluding carboxylic acids is 2. The van der Waals surface area contributed by atoms with Crippen LogP contribution in [0, 0.1) is 0 Å². The second kappa shape index (κ2) is 9.62. The Balaban J connectivity index is 0.000000244. The van der Waals surface area contributed by atoms with Gasteiger partial charge in [-0.25, -0.2) is 4.79 Å². The lowest BCUT2D eigenvalue weighted by Crippen LogP contribution is -2.08. The SMILES string of the molecule is COc1ccc(OC(=O)c2ccc(N)cc2)cc1.Nc1ccc(C=O)cc1. The first-order chi connectivity index (χ1) is 13.0. The first kappa shape index (κ1) is 19.5. The molecule has 0 aliphatic rings. The van der Waals surface area contributed by atoms with Crippen LogP contribution in [0.15, 0.2) is 72.8 Å². The molecule has 6 nitrogen and oxygen atoms in total. The summed E-state index contributed by atoms with van der Waals surface area (Å²) in [7, 11) is 1.58. The molecule has 3 rings (SSSR count). The van der Waals surface area contributed by atoms with Crippen molar-refractivity contribution < 1.29 is 19.1 Å². The minimum Gasteiger partial charge on any atom is -0.497 e. The third-order valence-electron chi connectivity index (χ3n) is 3.49. The average molecular weight is 364 g/mol. The fourth-order valence-corrected chi connectivity index (χ4v) is 2.00. The lowest BCUT2D eigenvalue weighted by Gasteiger charge is -2.05. The highest BCUT2D eigenvalue weighted by molar-refractivity contribution is 5.91. The minimum absolute atomic E-state index is 0.417. The van der Waals surface area contributed by atoms with Crippen LogP contribution in [0.2, 0.25) is 0 Å². The molecule has 0 amide bonds. The normalized spacial score (nSPS) is 9.52. The number of anilines is 2. The molecule has 3 aromatic rings. The van der Waals surface area contributed by atoms with E-state index >= 15 is 0 Å². The number of hydrogen-bond acceptors (Lipinski definition) is 6. The molecule has 0 unspecified atom stereocenters. The number of nitrogens with two attached hydrogens (primary N) is 2. The van der Waals surface area contributed by atoms with Gasteiger partial charge < -0.3 is 20.9 Å². The molecule has 0 atom stereocenters. The molecular weight excluding hydrogens is 344 g/mol. The maximum Gasteiger partial charge on any atom is 0.343 e. The quantitative estimate of drug-likeness (QED) is 0.317. The van der Waals surface area contributed by atoms with Gasteiger partial charge in [-0.15, -0.1) is 0 Å². The molecular formula is C21H20N2O4. The highest BCUT2D eigenvalue weighted by Crippen LogP contribution is 2.18. The van der Waals surface area contributed by atoms with Crippen molar-refractivity contribution in [3.05, 3.63) is 83.9 Å². The minimum atomic E-state index is -0.417. The summed E-state index contributed by atoms with van der Waals surface area (Å²) in [6.45, 7) is 0. The maximum absolute atomic E-state index is 11.8. The number of aldehydes is 1. The molecule has 0 aliphatic carbocycles. The monoisotopic (exact) mass is 364 g/mol. The van der Waals surface area contributed by atoms with Crippen molar-refractivity contribution in [2.24, 2.45) is 0 Å². The topological polar surface area (TPSA) is 105 Å². The number of ether oxygens (including phenoxy) is 2. The number of rotatable bonds is 4. The van der Waals surface area contributed by atoms with Crippen molar-refractivity contribution in [1.29, 1.82) is 0 Å². The van der Waals surface area contributed by atoms with Gasteiger partial charge in [-0.1, -0.05) is 0 Å². The van der Waals surface area contributed by atoms with Gasteiger partial charge >= 0.3 is 5.97 Å². The molecule has 0 saturated heterocycles. The van der Waals surface area contributed by atoms with E-state index < -0.39 is 5.97 Å². The molecule has 0 heterocycles. The van der Waals surface area contributed by atoms with Crippen molar-refractivity contribution >= 4 is 23.6 Å². The van der Waals surface area contributed by atoms with Crippen molar-refractivity contribution in [2.75, 3.05) is 18.6 Å². The summed E-state index contributed by atoms with van der Waals surface area (Å²) >= 11 is 0. The number of benzene rings is 3. The van der Waals surface area contributed by atoms with E-state index in [4.69, 9.17) is 20.9 Å². The second-order valence-corrected chi connectivity index (χ2v) is 5.47. The Hall–Kier alpha value is -3.80. The average Bonchev–Trinajstić information content (AvgIpc) is 2.70. The summed E-state index contributed by atoms with van der Waals surface area (Å²) < 4.78 is 10.2. The van der Waals surface area contributed by atoms with Gasteiger partial charge in [-0.3, -0.25) is 4.79 Å². The van der Waals surface area contributed by atoms with Crippen molar-refractivity contribution in [2.45, 2.75) is 0 Å². The lowest BCUT2D eigenvalue weighted by atomic mass is 10.2. The summed E-state index contributed by atoms with van der Waals surface area (Å²) in [6.07, 6.45) is 0.791. The van der Waals surface area contributed by atoms with Crippen LogP contribution in [0.1, 0.15) is 20.7 Å². The summed E-state index contributed by atoms with van der Waals surface area (Å²) in [4.78, 5) is 21.9. The molecule has 0 bridgehead atoms. The molecule has 0 spiro atoms. The van der Waals surface area contributed by atoms with Gasteiger partial charge in [0.25, 0.3) is 0 Å². The van der Waals surface area contributed by atoms with E-state index in [9.17, 15) is 9.59 Å². The molecule has 138 valence electrons. The van der Waals surface area contributed by atoms with Crippen LogP contribution in [0.4, 0.5) is 11.4 Å². The van der Waals surface area contributed by atoms with Crippen LogP contribution in [0.25, 0.3) is 0 Å². The third kappa shape index (κ3) is 6.21. The van der Waals surface area contributed by atoms with Crippen LogP contribution < -0.4 is 20.9 Å². The molecule has 0 aliphatic heterocycles. The summed E-state index contributed by atoms with van der Waals surface area (Å²) in [5.41, 5.74) is 13.3. The lowest BCUT2D eigenvalue weighted by molar-refractivity contribution is 0.0734. The first-order valence-electron chi connectivity index (χ1n) is 8.04. The van der Waals surface area contributed by atoms with Crippen LogP contribution in [-0.4, -0.2) is 19.4 Å². The molecule has 0 fully saturated rings. The molecule has 0 radical (unpaired) electrons. The van der Waals surface area contributed by atoms with Gasteiger partial charge in [0.15, 0.2) is 0 Å². The highest BCUT2D eigenvalue weighted by Gasteiger charge is 2.08. The van der Waals surface area contributed by atoms with E-state index in [1.165, 1.54) is 0 Å². The van der Waals surface area contributed by atoms with E-state index in [0.717, 1.165) is 6.29 Å². The zero-order chi connectivity index (χ0) is 19.6. The second-order valence-electron chi connectivity index (χ2n) is 5.47. The zero-order valence-corrected chi connectivity index (χ0v) is 14.8. The number of hydrogen-bond donors (Lipinski definition) is 2. The van der Waals surface area contributed by atoms with Gasteiger partial charge in [0.2, 0.25) is 0 Å². The smallest absolute Gasteiger partial charge is 0.343 e. The van der Waals surface area contributed by atoms with Crippen LogP contribution in [0.3, 0.4) is 0 Å². The molecule has 4 N–H and O–H groups in total. The summed E-state index contributed by atoms with van der Waals surface area (Å²) in [6, 6.07) is 20.1. The van der Waals surface area contributed by atoms with Crippen LogP contribution >= 0.6 is 0 Å². The fourth-order valence-electron chi connectivity index (χ4n) is 2.00. The van der Waals surface area contributed by atoms with Crippen LogP contribution in [0.5, 0.6) is 11.5 Å². The van der Waals surface area contributed by atoms with Crippen molar-refractivity contribution in [3.8, 4) is 11.5 Å². The van der Waals surface area contributed by atoms with Gasteiger partial charge in [0.05, 0.1) is 12.7 Å². The van der Waals surface area contributed by atoms with Crippen molar-refractivity contribution in [3.63, 3.8) is 0 Å². The van der Waals surface area contributed by atoms with Gasteiger partial charge in [-0.2, -0.15) is 0 Å². The summed E-state index contributed by atoms with van der Waals surface area (Å²) in [5, 5.41) is 0. The Morgan fingerprint density at radius 2 is 1.26 bits per heavy atom. The molecule has 27 heavy (non-hydrogen) atoms. The molecule has 3 aromatic carbocycles. The Morgan fingerprint density at radius 1 is 0.778 bits per heavy atom. The standard InChI is InChI=1S/C14H13NO3.C7H7NO/c1-17-12-6-8-13(9-7-12)18-14(16)10-2-4-11(15)5-3-10;8-7-3-1-6(5-9)2-4-7/h2-9H,15H2,1H3;1-5H,8H2. The van der Waals surface area contributed by atoms with E-state index in [1.54, 1.807) is 79.9 Å².